The fraction of sp³-hybridized carbons (Fsp3) is 1.00. The summed E-state index contributed by atoms with van der Waals surface area (Å²) in [5.41, 5.74) is 0.653. The van der Waals surface area contributed by atoms with Crippen molar-refractivity contribution in [1.82, 2.24) is 5.32 Å². The van der Waals surface area contributed by atoms with Gasteiger partial charge in [-0.1, -0.05) is 33.6 Å². The third-order valence-corrected chi connectivity index (χ3v) is 5.54. The summed E-state index contributed by atoms with van der Waals surface area (Å²) in [5.74, 6) is 2.06. The lowest BCUT2D eigenvalue weighted by Gasteiger charge is -2.64. The quantitative estimate of drug-likeness (QED) is 0.743. The van der Waals surface area contributed by atoms with E-state index in [0.717, 1.165) is 17.9 Å². The van der Waals surface area contributed by atoms with Crippen molar-refractivity contribution in [3.8, 4) is 0 Å². The Morgan fingerprint density at radius 1 is 1.06 bits per heavy atom. The highest BCUT2D eigenvalue weighted by Crippen LogP contribution is 2.60. The van der Waals surface area contributed by atoms with Gasteiger partial charge in [-0.05, 0) is 55.9 Å². The van der Waals surface area contributed by atoms with Crippen LogP contribution in [0.4, 0.5) is 0 Å². The molecule has 94 valence electrons. The maximum absolute atomic E-state index is 3.86. The molecule has 0 aromatic heterocycles. The van der Waals surface area contributed by atoms with Crippen LogP contribution in [-0.4, -0.2) is 12.6 Å². The van der Waals surface area contributed by atoms with Crippen LogP contribution in [0.3, 0.4) is 0 Å². The van der Waals surface area contributed by atoms with Gasteiger partial charge in [0.15, 0.2) is 0 Å². The zero-order valence-corrected chi connectivity index (χ0v) is 11.4. The average Bonchev–Trinajstić information content (AvgIpc) is 2.32. The summed E-state index contributed by atoms with van der Waals surface area (Å²) in [6, 6.07) is 0.841. The lowest BCUT2D eigenvalue weighted by atomic mass is 9.44. The van der Waals surface area contributed by atoms with Gasteiger partial charge in [-0.2, -0.15) is 0 Å². The van der Waals surface area contributed by atoms with Gasteiger partial charge in [0.05, 0.1) is 0 Å². The standard InChI is InChI=1S/C15H29N/c1-4-11-16-14-12-9-7-8-10-13(12)15(14,5-2)6-3/h12-14,16H,4-11H2,1-3H3. The Morgan fingerprint density at radius 3 is 2.38 bits per heavy atom. The SMILES string of the molecule is CCCNC1C2CCCCC2C1(CC)CC. The first-order valence-electron chi connectivity index (χ1n) is 7.53. The van der Waals surface area contributed by atoms with Gasteiger partial charge in [-0.25, -0.2) is 0 Å². The molecule has 2 saturated carbocycles. The Morgan fingerprint density at radius 2 is 1.75 bits per heavy atom. The van der Waals surface area contributed by atoms with Gasteiger partial charge in [0.25, 0.3) is 0 Å². The minimum atomic E-state index is 0.653. The first kappa shape index (κ1) is 12.4. The fourth-order valence-corrected chi connectivity index (χ4v) is 4.68. The van der Waals surface area contributed by atoms with Crippen molar-refractivity contribution >= 4 is 0 Å². The summed E-state index contributed by atoms with van der Waals surface area (Å²) in [6.45, 7) is 8.32. The highest BCUT2D eigenvalue weighted by Gasteiger charge is 2.58. The Kier molecular flexibility index (Phi) is 3.94. The van der Waals surface area contributed by atoms with Crippen LogP contribution in [0.2, 0.25) is 0 Å². The summed E-state index contributed by atoms with van der Waals surface area (Å²) in [4.78, 5) is 0. The molecule has 2 fully saturated rings. The van der Waals surface area contributed by atoms with Gasteiger partial charge < -0.3 is 5.32 Å². The number of hydrogen-bond acceptors (Lipinski definition) is 1. The molecule has 0 aliphatic heterocycles. The highest BCUT2D eigenvalue weighted by molar-refractivity contribution is 5.11. The molecule has 1 N–H and O–H groups in total. The van der Waals surface area contributed by atoms with Gasteiger partial charge in [0, 0.05) is 6.04 Å². The van der Waals surface area contributed by atoms with E-state index >= 15 is 0 Å². The largest absolute Gasteiger partial charge is 0.313 e. The van der Waals surface area contributed by atoms with Crippen molar-refractivity contribution in [2.45, 2.75) is 71.8 Å². The first-order chi connectivity index (χ1) is 7.80. The molecular weight excluding hydrogens is 194 g/mol. The van der Waals surface area contributed by atoms with Crippen LogP contribution in [0.1, 0.15) is 65.7 Å². The van der Waals surface area contributed by atoms with Crippen molar-refractivity contribution in [1.29, 1.82) is 0 Å². The van der Waals surface area contributed by atoms with Crippen LogP contribution in [0.5, 0.6) is 0 Å². The third kappa shape index (κ3) is 1.72. The molecule has 0 radical (unpaired) electrons. The molecule has 0 saturated heterocycles. The lowest BCUT2D eigenvalue weighted by molar-refractivity contribution is -0.118. The maximum Gasteiger partial charge on any atom is 0.0157 e. The number of rotatable bonds is 5. The van der Waals surface area contributed by atoms with E-state index < -0.39 is 0 Å². The molecule has 2 aliphatic rings. The molecule has 3 unspecified atom stereocenters. The zero-order chi connectivity index (χ0) is 11.6. The van der Waals surface area contributed by atoms with Gasteiger partial charge in [0.2, 0.25) is 0 Å². The summed E-state index contributed by atoms with van der Waals surface area (Å²) >= 11 is 0. The van der Waals surface area contributed by atoms with E-state index in [4.69, 9.17) is 0 Å². The second kappa shape index (κ2) is 5.08. The monoisotopic (exact) mass is 223 g/mol. The van der Waals surface area contributed by atoms with Gasteiger partial charge in [-0.15, -0.1) is 0 Å². The van der Waals surface area contributed by atoms with Gasteiger partial charge in [0.1, 0.15) is 0 Å². The van der Waals surface area contributed by atoms with E-state index in [1.807, 2.05) is 0 Å². The first-order valence-corrected chi connectivity index (χ1v) is 7.53. The molecule has 0 heterocycles. The molecule has 0 aromatic carbocycles. The third-order valence-electron chi connectivity index (χ3n) is 5.54. The molecule has 0 bridgehead atoms. The van der Waals surface area contributed by atoms with E-state index in [1.165, 1.54) is 51.5 Å². The Hall–Kier alpha value is -0.0400. The van der Waals surface area contributed by atoms with E-state index in [2.05, 4.69) is 26.1 Å². The van der Waals surface area contributed by atoms with Crippen LogP contribution in [0.15, 0.2) is 0 Å². The predicted octanol–water partition coefficient (Wildman–Crippen LogP) is 3.98. The fourth-order valence-electron chi connectivity index (χ4n) is 4.68. The molecule has 16 heavy (non-hydrogen) atoms. The lowest BCUT2D eigenvalue weighted by Crippen LogP contribution is -2.67. The second-order valence-corrected chi connectivity index (χ2v) is 5.93. The maximum atomic E-state index is 3.86. The van der Waals surface area contributed by atoms with E-state index in [-0.39, 0.29) is 0 Å². The van der Waals surface area contributed by atoms with Crippen molar-refractivity contribution in [3.63, 3.8) is 0 Å². The Bertz CT molecular complexity index is 219. The van der Waals surface area contributed by atoms with Crippen LogP contribution in [0.25, 0.3) is 0 Å². The van der Waals surface area contributed by atoms with Crippen LogP contribution in [0, 0.1) is 17.3 Å². The zero-order valence-electron chi connectivity index (χ0n) is 11.4. The second-order valence-electron chi connectivity index (χ2n) is 5.93. The molecule has 1 heteroatoms. The Labute approximate surface area is 101 Å². The highest BCUT2D eigenvalue weighted by atomic mass is 15.0. The summed E-state index contributed by atoms with van der Waals surface area (Å²) in [5, 5.41) is 3.86. The Balaban J connectivity index is 2.06. The van der Waals surface area contributed by atoms with Crippen LogP contribution < -0.4 is 5.32 Å². The van der Waals surface area contributed by atoms with Crippen molar-refractivity contribution in [3.05, 3.63) is 0 Å². The van der Waals surface area contributed by atoms with Gasteiger partial charge >= 0.3 is 0 Å². The number of hydrogen-bond donors (Lipinski definition) is 1. The molecule has 3 atom stereocenters. The van der Waals surface area contributed by atoms with Crippen LogP contribution in [-0.2, 0) is 0 Å². The summed E-state index contributed by atoms with van der Waals surface area (Å²) in [7, 11) is 0. The normalized spacial score (nSPS) is 36.6. The average molecular weight is 223 g/mol. The summed E-state index contributed by atoms with van der Waals surface area (Å²) < 4.78 is 0. The minimum Gasteiger partial charge on any atom is -0.313 e. The minimum absolute atomic E-state index is 0.653. The van der Waals surface area contributed by atoms with Crippen molar-refractivity contribution in [2.75, 3.05) is 6.54 Å². The molecule has 1 nitrogen and oxygen atoms in total. The molecule has 0 aromatic rings. The number of fused-ring (bicyclic) bond motifs is 1. The smallest absolute Gasteiger partial charge is 0.0157 e. The summed E-state index contributed by atoms with van der Waals surface area (Å²) in [6.07, 6.45) is 10.0. The van der Waals surface area contributed by atoms with E-state index in [9.17, 15) is 0 Å². The number of nitrogens with one attached hydrogen (secondary N) is 1. The molecule has 2 rings (SSSR count). The van der Waals surface area contributed by atoms with Crippen molar-refractivity contribution in [2.24, 2.45) is 17.3 Å². The van der Waals surface area contributed by atoms with Crippen LogP contribution >= 0.6 is 0 Å². The molecule has 2 aliphatic carbocycles. The van der Waals surface area contributed by atoms with E-state index in [0.29, 0.717) is 5.41 Å². The predicted molar refractivity (Wildman–Crippen MR) is 70.5 cm³/mol. The molecule has 0 spiro atoms. The van der Waals surface area contributed by atoms with E-state index in [1.54, 1.807) is 0 Å². The van der Waals surface area contributed by atoms with Crippen molar-refractivity contribution < 1.29 is 0 Å². The molecular formula is C15H29N. The topological polar surface area (TPSA) is 12.0 Å². The van der Waals surface area contributed by atoms with Gasteiger partial charge in [-0.3, -0.25) is 0 Å². The molecule has 0 amide bonds.